The number of sulfone groups is 1. The Balaban J connectivity index is 1.34. The molecule has 0 atom stereocenters. The zero-order valence-electron chi connectivity index (χ0n) is 19.8. The number of aromatic amines is 1. The van der Waals surface area contributed by atoms with Gasteiger partial charge < -0.3 is 10.3 Å². The van der Waals surface area contributed by atoms with E-state index in [0.29, 0.717) is 41.1 Å². The molecule has 36 heavy (non-hydrogen) atoms. The second-order valence-corrected chi connectivity index (χ2v) is 11.4. The number of hydrogen-bond acceptors (Lipinski definition) is 5. The van der Waals surface area contributed by atoms with E-state index in [-0.39, 0.29) is 10.7 Å². The van der Waals surface area contributed by atoms with Crippen LogP contribution in [-0.4, -0.2) is 29.6 Å². The standard InChI is InChI=1S/C27H24ClFN4O2S/c1-16-5-19-6-18(9-26(36(2,34)35)27(19)33-12-16)8-21-7-17(3-4-31-21)13-30-14-20-10-22-23(28)15-32-25(22)11-24(20)29/h3-7,9-12,15,30,32H,8,13-14H2,1-2H3. The van der Waals surface area contributed by atoms with Gasteiger partial charge in [-0.05, 0) is 66.1 Å². The van der Waals surface area contributed by atoms with Crippen molar-refractivity contribution in [2.75, 3.05) is 6.26 Å². The number of nitrogens with zero attached hydrogens (tertiary/aromatic N) is 2. The Morgan fingerprint density at radius 3 is 2.69 bits per heavy atom. The Hall–Kier alpha value is -3.33. The molecule has 0 fully saturated rings. The van der Waals surface area contributed by atoms with Crippen molar-refractivity contribution in [3.05, 3.63) is 99.8 Å². The molecule has 2 aromatic carbocycles. The summed E-state index contributed by atoms with van der Waals surface area (Å²) in [5, 5.41) is 5.41. The van der Waals surface area contributed by atoms with Gasteiger partial charge in [-0.3, -0.25) is 9.97 Å². The summed E-state index contributed by atoms with van der Waals surface area (Å²) in [4.78, 5) is 12.0. The molecule has 0 aliphatic rings. The van der Waals surface area contributed by atoms with Crippen molar-refractivity contribution >= 4 is 43.2 Å². The molecule has 3 heterocycles. The summed E-state index contributed by atoms with van der Waals surface area (Å²) in [6, 6.07) is 12.6. The molecule has 0 saturated carbocycles. The third-order valence-electron chi connectivity index (χ3n) is 6.05. The van der Waals surface area contributed by atoms with Gasteiger partial charge in [0.05, 0.1) is 15.4 Å². The molecule has 2 N–H and O–H groups in total. The Morgan fingerprint density at radius 2 is 1.89 bits per heavy atom. The summed E-state index contributed by atoms with van der Waals surface area (Å²) in [5.74, 6) is -0.299. The average Bonchev–Trinajstić information content (AvgIpc) is 3.17. The van der Waals surface area contributed by atoms with Gasteiger partial charge in [0.1, 0.15) is 5.82 Å². The molecule has 3 aromatic heterocycles. The average molecular weight is 523 g/mol. The van der Waals surface area contributed by atoms with Crippen molar-refractivity contribution in [2.24, 2.45) is 0 Å². The van der Waals surface area contributed by atoms with Crippen molar-refractivity contribution in [2.45, 2.75) is 31.3 Å². The molecule has 5 rings (SSSR count). The second kappa shape index (κ2) is 9.61. The lowest BCUT2D eigenvalue weighted by Gasteiger charge is -2.11. The highest BCUT2D eigenvalue weighted by molar-refractivity contribution is 7.91. The van der Waals surface area contributed by atoms with Gasteiger partial charge in [0.15, 0.2) is 9.84 Å². The zero-order chi connectivity index (χ0) is 25.4. The lowest BCUT2D eigenvalue weighted by Crippen LogP contribution is -2.14. The van der Waals surface area contributed by atoms with Gasteiger partial charge in [0.2, 0.25) is 0 Å². The van der Waals surface area contributed by atoms with Crippen LogP contribution in [0.5, 0.6) is 0 Å². The number of benzene rings is 2. The number of fused-ring (bicyclic) bond motifs is 2. The summed E-state index contributed by atoms with van der Waals surface area (Å²) < 4.78 is 39.3. The molecular formula is C27H24ClFN4O2S. The number of H-pyrrole nitrogens is 1. The Bertz CT molecular complexity index is 1720. The van der Waals surface area contributed by atoms with Gasteiger partial charge >= 0.3 is 0 Å². The number of pyridine rings is 2. The number of aryl methyl sites for hydroxylation is 1. The van der Waals surface area contributed by atoms with Crippen molar-refractivity contribution in [1.29, 1.82) is 0 Å². The molecule has 0 aliphatic carbocycles. The molecule has 0 bridgehead atoms. The first kappa shape index (κ1) is 24.4. The smallest absolute Gasteiger partial charge is 0.177 e. The van der Waals surface area contributed by atoms with E-state index in [9.17, 15) is 12.8 Å². The van der Waals surface area contributed by atoms with E-state index < -0.39 is 9.84 Å². The fourth-order valence-electron chi connectivity index (χ4n) is 4.35. The Kier molecular flexibility index (Phi) is 6.51. The Labute approximate surface area is 213 Å². The first-order valence-electron chi connectivity index (χ1n) is 11.4. The third-order valence-corrected chi connectivity index (χ3v) is 7.48. The summed E-state index contributed by atoms with van der Waals surface area (Å²) in [5.41, 5.74) is 5.27. The highest BCUT2D eigenvalue weighted by Crippen LogP contribution is 2.27. The highest BCUT2D eigenvalue weighted by atomic mass is 35.5. The lowest BCUT2D eigenvalue weighted by atomic mass is 10.0. The molecule has 0 amide bonds. The maximum Gasteiger partial charge on any atom is 0.177 e. The monoisotopic (exact) mass is 522 g/mol. The van der Waals surface area contributed by atoms with Gasteiger partial charge in [-0.25, -0.2) is 12.8 Å². The van der Waals surface area contributed by atoms with Crippen LogP contribution in [0.15, 0.2) is 66.0 Å². The molecule has 184 valence electrons. The van der Waals surface area contributed by atoms with E-state index in [1.807, 2.05) is 31.2 Å². The second-order valence-electron chi connectivity index (χ2n) is 9.01. The first-order chi connectivity index (χ1) is 17.2. The molecule has 0 spiro atoms. The van der Waals surface area contributed by atoms with Crippen LogP contribution >= 0.6 is 11.6 Å². The molecule has 5 aromatic rings. The molecule has 0 aliphatic heterocycles. The van der Waals surface area contributed by atoms with Gasteiger partial charge in [0, 0.05) is 71.9 Å². The lowest BCUT2D eigenvalue weighted by molar-refractivity contribution is 0.589. The fourth-order valence-corrected chi connectivity index (χ4v) is 5.44. The summed E-state index contributed by atoms with van der Waals surface area (Å²) in [7, 11) is -3.45. The highest BCUT2D eigenvalue weighted by Gasteiger charge is 2.16. The SMILES string of the molecule is Cc1cnc2c(S(C)(=O)=O)cc(Cc3cc(CNCc4cc5c(Cl)c[nH]c5cc4F)ccn3)cc2c1. The number of aromatic nitrogens is 3. The normalized spacial score (nSPS) is 12.0. The van der Waals surface area contributed by atoms with Crippen LogP contribution in [0.3, 0.4) is 0 Å². The van der Waals surface area contributed by atoms with Crippen molar-refractivity contribution in [3.8, 4) is 0 Å². The van der Waals surface area contributed by atoms with Crippen molar-refractivity contribution in [1.82, 2.24) is 20.3 Å². The zero-order valence-corrected chi connectivity index (χ0v) is 21.3. The molecule has 0 radical (unpaired) electrons. The van der Waals surface area contributed by atoms with Gasteiger partial charge in [-0.15, -0.1) is 0 Å². The topological polar surface area (TPSA) is 87.7 Å². The van der Waals surface area contributed by atoms with Crippen molar-refractivity contribution in [3.63, 3.8) is 0 Å². The summed E-state index contributed by atoms with van der Waals surface area (Å²) in [6.07, 6.45) is 6.71. The van der Waals surface area contributed by atoms with E-state index in [0.717, 1.165) is 33.2 Å². The van der Waals surface area contributed by atoms with Crippen LogP contribution in [0, 0.1) is 12.7 Å². The van der Waals surface area contributed by atoms with Crippen LogP contribution in [0.2, 0.25) is 5.02 Å². The van der Waals surface area contributed by atoms with Gasteiger partial charge in [-0.2, -0.15) is 0 Å². The quantitative estimate of drug-likeness (QED) is 0.295. The predicted molar refractivity (Wildman–Crippen MR) is 140 cm³/mol. The maximum absolute atomic E-state index is 14.5. The maximum atomic E-state index is 14.5. The van der Waals surface area contributed by atoms with Crippen LogP contribution in [0.4, 0.5) is 4.39 Å². The number of halogens is 2. The predicted octanol–water partition coefficient (Wildman–Crippen LogP) is 5.50. The minimum absolute atomic E-state index is 0.217. The van der Waals surface area contributed by atoms with E-state index in [2.05, 4.69) is 20.3 Å². The molecule has 0 unspecified atom stereocenters. The van der Waals surface area contributed by atoms with Crippen molar-refractivity contribution < 1.29 is 12.8 Å². The van der Waals surface area contributed by atoms with E-state index in [1.165, 1.54) is 12.3 Å². The molecule has 6 nitrogen and oxygen atoms in total. The fraction of sp³-hybridized carbons (Fsp3) is 0.185. The van der Waals surface area contributed by atoms with Gasteiger partial charge in [-0.1, -0.05) is 11.6 Å². The number of nitrogens with one attached hydrogen (secondary N) is 2. The first-order valence-corrected chi connectivity index (χ1v) is 13.6. The van der Waals surface area contributed by atoms with Gasteiger partial charge in [0.25, 0.3) is 0 Å². The van der Waals surface area contributed by atoms with Crippen LogP contribution < -0.4 is 5.32 Å². The van der Waals surface area contributed by atoms with E-state index in [4.69, 9.17) is 11.6 Å². The summed E-state index contributed by atoms with van der Waals surface area (Å²) >= 11 is 6.17. The number of rotatable bonds is 7. The van der Waals surface area contributed by atoms with E-state index >= 15 is 0 Å². The van der Waals surface area contributed by atoms with E-state index in [1.54, 1.807) is 30.7 Å². The van der Waals surface area contributed by atoms with Crippen LogP contribution in [0.1, 0.15) is 27.9 Å². The number of hydrogen-bond donors (Lipinski definition) is 2. The van der Waals surface area contributed by atoms with Crippen LogP contribution in [-0.2, 0) is 29.3 Å². The minimum atomic E-state index is -3.45. The largest absolute Gasteiger partial charge is 0.360 e. The third kappa shape index (κ3) is 5.11. The molecule has 9 heteroatoms. The minimum Gasteiger partial charge on any atom is -0.360 e. The Morgan fingerprint density at radius 1 is 1.06 bits per heavy atom. The summed E-state index contributed by atoms with van der Waals surface area (Å²) in [6.45, 7) is 2.78. The van der Waals surface area contributed by atoms with Crippen LogP contribution in [0.25, 0.3) is 21.8 Å². The molecular weight excluding hydrogens is 499 g/mol. The molecule has 0 saturated heterocycles.